The highest BCUT2D eigenvalue weighted by molar-refractivity contribution is 7.55. The van der Waals surface area contributed by atoms with Crippen molar-refractivity contribution in [3.05, 3.63) is 11.9 Å². The van der Waals surface area contributed by atoms with Crippen molar-refractivity contribution in [1.29, 1.82) is 0 Å². The smallest absolute Gasteiger partial charge is 0.321 e. The summed E-state index contributed by atoms with van der Waals surface area (Å²) in [6.07, 6.45) is 18.1. The van der Waals surface area contributed by atoms with Gasteiger partial charge in [-0.25, -0.2) is 0 Å². The zero-order valence-electron chi connectivity index (χ0n) is 13.1. The second kappa shape index (κ2) is 13.9. The predicted molar refractivity (Wildman–Crippen MR) is 86.9 cm³/mol. The molecule has 0 bridgehead atoms. The summed E-state index contributed by atoms with van der Waals surface area (Å²) in [7, 11) is -3.93. The maximum Gasteiger partial charge on any atom is 0.348 e. The normalized spacial score (nSPS) is 12.3. The van der Waals surface area contributed by atoms with E-state index >= 15 is 0 Å². The first-order valence-corrected chi connectivity index (χ1v) is 9.97. The molecule has 0 aliphatic heterocycles. The van der Waals surface area contributed by atoms with Gasteiger partial charge in [-0.05, 0) is 12.8 Å². The van der Waals surface area contributed by atoms with Crippen LogP contribution in [0, 0.1) is 0 Å². The van der Waals surface area contributed by atoms with Crippen molar-refractivity contribution in [3.8, 4) is 0 Å². The summed E-state index contributed by atoms with van der Waals surface area (Å²) in [6, 6.07) is 0. The molecule has 0 radical (unpaired) electrons. The molecule has 0 rings (SSSR count). The van der Waals surface area contributed by atoms with E-state index in [1.54, 1.807) is 6.08 Å². The van der Waals surface area contributed by atoms with E-state index in [0.29, 0.717) is 0 Å². The second-order valence-corrected chi connectivity index (χ2v) is 7.13. The molecule has 0 saturated carbocycles. The van der Waals surface area contributed by atoms with Gasteiger partial charge in [0, 0.05) is 5.82 Å². The lowest BCUT2D eigenvalue weighted by Crippen LogP contribution is -1.82. The molecule has 0 aromatic carbocycles. The van der Waals surface area contributed by atoms with Crippen molar-refractivity contribution in [1.82, 2.24) is 0 Å². The lowest BCUT2D eigenvalue weighted by atomic mass is 10.0. The molecule has 0 heterocycles. The van der Waals surface area contributed by atoms with Crippen molar-refractivity contribution in [2.45, 2.75) is 90.4 Å². The fourth-order valence-electron chi connectivity index (χ4n) is 2.32. The Morgan fingerprint density at radius 3 is 1.55 bits per heavy atom. The molecule has 0 aliphatic rings. The van der Waals surface area contributed by atoms with Crippen molar-refractivity contribution >= 4 is 7.60 Å². The third-order valence-corrected chi connectivity index (χ3v) is 4.12. The topological polar surface area (TPSA) is 57.5 Å². The third-order valence-electron chi connectivity index (χ3n) is 3.52. The molecule has 0 aromatic heterocycles. The number of hydrogen-bond acceptors (Lipinski definition) is 1. The number of hydrogen-bond donors (Lipinski definition) is 2. The maximum atomic E-state index is 10.6. The molecule has 0 aromatic rings. The molecule has 0 aliphatic carbocycles. The van der Waals surface area contributed by atoms with Crippen LogP contribution in [0.25, 0.3) is 0 Å². The van der Waals surface area contributed by atoms with Crippen LogP contribution in [-0.2, 0) is 4.57 Å². The molecule has 0 atom stereocenters. The van der Waals surface area contributed by atoms with E-state index in [9.17, 15) is 4.57 Å². The molecule has 3 nitrogen and oxygen atoms in total. The SMILES string of the molecule is CCCCCCCCCCCCCC/C=C/P(=O)(O)O. The molecule has 2 N–H and O–H groups in total. The van der Waals surface area contributed by atoms with Crippen molar-refractivity contribution < 1.29 is 14.4 Å². The largest absolute Gasteiger partial charge is 0.348 e. The zero-order valence-corrected chi connectivity index (χ0v) is 14.0. The predicted octanol–water partition coefficient (Wildman–Crippen LogP) is 5.77. The van der Waals surface area contributed by atoms with Gasteiger partial charge in [-0.1, -0.05) is 83.6 Å². The maximum absolute atomic E-state index is 10.6. The Morgan fingerprint density at radius 2 is 1.15 bits per heavy atom. The van der Waals surface area contributed by atoms with Gasteiger partial charge >= 0.3 is 7.60 Å². The molecular weight excluding hydrogens is 271 g/mol. The molecule has 0 fully saturated rings. The molecule has 0 spiro atoms. The highest BCUT2D eigenvalue weighted by atomic mass is 31.2. The van der Waals surface area contributed by atoms with Crippen LogP contribution in [0.15, 0.2) is 11.9 Å². The second-order valence-electron chi connectivity index (χ2n) is 5.65. The molecular formula is C16H33O3P. The Balaban J connectivity index is 3.10. The Morgan fingerprint density at radius 1 is 0.750 bits per heavy atom. The highest BCUT2D eigenvalue weighted by Gasteiger charge is 2.04. The van der Waals surface area contributed by atoms with Crippen LogP contribution in [0.3, 0.4) is 0 Å². The van der Waals surface area contributed by atoms with Crippen molar-refractivity contribution in [2.75, 3.05) is 0 Å². The summed E-state index contributed by atoms with van der Waals surface area (Å²) in [5, 5.41) is 0. The third kappa shape index (κ3) is 17.9. The van der Waals surface area contributed by atoms with Gasteiger partial charge in [-0.2, -0.15) is 0 Å². The Hall–Kier alpha value is -0.110. The molecule has 0 unspecified atom stereocenters. The molecule has 120 valence electrons. The molecule has 0 saturated heterocycles. The standard InChI is InChI=1S/C16H33O3P/c1-2-3-4-5-6-7-8-9-10-11-12-13-14-15-16-20(17,18)19/h15-16H,2-14H2,1H3,(H2,17,18,19)/b16-15+. The summed E-state index contributed by atoms with van der Waals surface area (Å²) in [5.74, 6) is 1.02. The van der Waals surface area contributed by atoms with Gasteiger partial charge in [0.2, 0.25) is 0 Å². The Kier molecular flexibility index (Phi) is 13.8. The van der Waals surface area contributed by atoms with E-state index in [4.69, 9.17) is 9.79 Å². The van der Waals surface area contributed by atoms with E-state index < -0.39 is 7.60 Å². The summed E-state index contributed by atoms with van der Waals surface area (Å²) in [5.41, 5.74) is 0. The first-order chi connectivity index (χ1) is 9.56. The molecule has 20 heavy (non-hydrogen) atoms. The van der Waals surface area contributed by atoms with Crippen molar-refractivity contribution in [3.63, 3.8) is 0 Å². The van der Waals surface area contributed by atoms with Gasteiger partial charge in [0.15, 0.2) is 0 Å². The minimum atomic E-state index is -3.93. The average molecular weight is 304 g/mol. The van der Waals surface area contributed by atoms with Gasteiger partial charge in [0.25, 0.3) is 0 Å². The first-order valence-electron chi connectivity index (χ1n) is 8.29. The zero-order chi connectivity index (χ0) is 15.1. The number of rotatable bonds is 14. The summed E-state index contributed by atoms with van der Waals surface area (Å²) in [6.45, 7) is 2.25. The van der Waals surface area contributed by atoms with Crippen LogP contribution in [0.2, 0.25) is 0 Å². The van der Waals surface area contributed by atoms with E-state index in [1.165, 1.54) is 70.6 Å². The van der Waals surface area contributed by atoms with Crippen LogP contribution in [0.1, 0.15) is 90.4 Å². The monoisotopic (exact) mass is 304 g/mol. The number of unbranched alkanes of at least 4 members (excludes halogenated alkanes) is 12. The van der Waals surface area contributed by atoms with Crippen LogP contribution in [-0.4, -0.2) is 9.79 Å². The quantitative estimate of drug-likeness (QED) is 0.316. The lowest BCUT2D eigenvalue weighted by molar-refractivity contribution is 0.386. The summed E-state index contributed by atoms with van der Waals surface area (Å²) in [4.78, 5) is 17.3. The molecule has 0 amide bonds. The number of allylic oxidation sites excluding steroid dienone is 1. The average Bonchev–Trinajstić information content (AvgIpc) is 2.38. The van der Waals surface area contributed by atoms with E-state index in [-0.39, 0.29) is 0 Å². The Labute approximate surface area is 125 Å². The van der Waals surface area contributed by atoms with Gasteiger partial charge in [0.1, 0.15) is 0 Å². The van der Waals surface area contributed by atoms with Gasteiger partial charge in [-0.15, -0.1) is 0 Å². The highest BCUT2D eigenvalue weighted by Crippen LogP contribution is 2.36. The van der Waals surface area contributed by atoms with Gasteiger partial charge in [-0.3, -0.25) is 4.57 Å². The van der Waals surface area contributed by atoms with Crippen LogP contribution >= 0.6 is 7.60 Å². The van der Waals surface area contributed by atoms with Crippen molar-refractivity contribution in [2.24, 2.45) is 0 Å². The van der Waals surface area contributed by atoms with Crippen LogP contribution in [0.5, 0.6) is 0 Å². The summed E-state index contributed by atoms with van der Waals surface area (Å²) >= 11 is 0. The van der Waals surface area contributed by atoms with Crippen LogP contribution in [0.4, 0.5) is 0 Å². The van der Waals surface area contributed by atoms with Gasteiger partial charge < -0.3 is 9.79 Å². The van der Waals surface area contributed by atoms with Crippen LogP contribution < -0.4 is 0 Å². The fourth-order valence-corrected chi connectivity index (χ4v) is 2.74. The minimum Gasteiger partial charge on any atom is -0.321 e. The lowest BCUT2D eigenvalue weighted by Gasteiger charge is -2.02. The van der Waals surface area contributed by atoms with E-state index in [0.717, 1.165) is 18.7 Å². The van der Waals surface area contributed by atoms with E-state index in [1.807, 2.05) is 0 Å². The first kappa shape index (κ1) is 19.9. The minimum absolute atomic E-state index is 0.780. The summed E-state index contributed by atoms with van der Waals surface area (Å²) < 4.78 is 10.6. The van der Waals surface area contributed by atoms with Gasteiger partial charge in [0.05, 0.1) is 0 Å². The fraction of sp³-hybridized carbons (Fsp3) is 0.875. The Bertz CT molecular complexity index is 271. The molecule has 4 heteroatoms. The van der Waals surface area contributed by atoms with E-state index in [2.05, 4.69) is 6.92 Å².